The lowest BCUT2D eigenvalue weighted by Crippen LogP contribution is -2.47. The first-order valence-electron chi connectivity index (χ1n) is 10.7. The summed E-state index contributed by atoms with van der Waals surface area (Å²) >= 11 is 0. The zero-order valence-electron chi connectivity index (χ0n) is 16.7. The summed E-state index contributed by atoms with van der Waals surface area (Å²) in [5.41, 5.74) is 1.42. The van der Waals surface area contributed by atoms with Gasteiger partial charge in [-0.2, -0.15) is 13.2 Å². The molecule has 2 aliphatic rings. The van der Waals surface area contributed by atoms with Crippen molar-refractivity contribution in [3.05, 3.63) is 65.7 Å². The number of nitrogens with one attached hydrogen (secondary N) is 1. The monoisotopic (exact) mass is 402 g/mol. The smallest absolute Gasteiger partial charge is 0.382 e. The lowest BCUT2D eigenvalue weighted by Gasteiger charge is -2.44. The highest BCUT2D eigenvalue weighted by Gasteiger charge is 2.34. The van der Waals surface area contributed by atoms with Crippen LogP contribution in [-0.4, -0.2) is 30.1 Å². The Morgan fingerprint density at radius 3 is 2.28 bits per heavy atom. The van der Waals surface area contributed by atoms with E-state index in [0.29, 0.717) is 17.6 Å². The van der Waals surface area contributed by atoms with Crippen molar-refractivity contribution in [2.75, 3.05) is 18.4 Å². The number of likely N-dealkylation sites (tertiary alicyclic amines) is 1. The third kappa shape index (κ3) is 4.95. The molecule has 2 fully saturated rings. The molecule has 2 unspecified atom stereocenters. The van der Waals surface area contributed by atoms with E-state index in [1.807, 2.05) is 0 Å². The molecule has 0 bridgehead atoms. The number of anilines is 1. The summed E-state index contributed by atoms with van der Waals surface area (Å²) in [7, 11) is 0. The SMILES string of the molecule is FC(F)(F)c1cccc(NC2CCN(C3CCCCC3c3ccccc3)CC2)c1. The van der Waals surface area contributed by atoms with Crippen LogP contribution in [0.4, 0.5) is 18.9 Å². The second kappa shape index (κ2) is 8.78. The van der Waals surface area contributed by atoms with E-state index in [-0.39, 0.29) is 6.04 Å². The Kier molecular flexibility index (Phi) is 6.14. The van der Waals surface area contributed by atoms with Crippen LogP contribution in [0.3, 0.4) is 0 Å². The van der Waals surface area contributed by atoms with Crippen LogP contribution in [0.5, 0.6) is 0 Å². The fourth-order valence-electron chi connectivity index (χ4n) is 5.03. The molecule has 0 aromatic heterocycles. The fraction of sp³-hybridized carbons (Fsp3) is 0.500. The molecule has 0 spiro atoms. The standard InChI is InChI=1S/C24H29F3N2/c25-24(26,27)19-9-6-10-21(17-19)28-20-13-15-29(16-14-20)23-12-5-4-11-22(23)18-7-2-1-3-8-18/h1-3,6-10,17,20,22-23,28H,4-5,11-16H2. The quantitative estimate of drug-likeness (QED) is 0.645. The van der Waals surface area contributed by atoms with Crippen LogP contribution in [-0.2, 0) is 6.18 Å². The number of piperidine rings is 1. The summed E-state index contributed by atoms with van der Waals surface area (Å²) in [5, 5.41) is 3.33. The molecule has 1 aliphatic carbocycles. The van der Waals surface area contributed by atoms with E-state index in [0.717, 1.165) is 32.0 Å². The van der Waals surface area contributed by atoms with E-state index in [2.05, 4.69) is 40.5 Å². The molecule has 1 N–H and O–H groups in total. The van der Waals surface area contributed by atoms with Gasteiger partial charge in [-0.05, 0) is 55.4 Å². The van der Waals surface area contributed by atoms with Crippen LogP contribution in [0, 0.1) is 0 Å². The van der Waals surface area contributed by atoms with E-state index in [1.165, 1.54) is 43.4 Å². The van der Waals surface area contributed by atoms with Crippen molar-refractivity contribution in [1.82, 2.24) is 4.90 Å². The van der Waals surface area contributed by atoms with Gasteiger partial charge >= 0.3 is 6.18 Å². The van der Waals surface area contributed by atoms with Gasteiger partial charge in [0.2, 0.25) is 0 Å². The third-order valence-electron chi connectivity index (χ3n) is 6.52. The Morgan fingerprint density at radius 1 is 0.828 bits per heavy atom. The van der Waals surface area contributed by atoms with Gasteiger partial charge in [-0.15, -0.1) is 0 Å². The average Bonchev–Trinajstić information content (AvgIpc) is 2.75. The third-order valence-corrected chi connectivity index (χ3v) is 6.52. The molecule has 1 heterocycles. The highest BCUT2D eigenvalue weighted by Crippen LogP contribution is 2.37. The molecule has 156 valence electrons. The zero-order valence-corrected chi connectivity index (χ0v) is 16.7. The number of benzene rings is 2. The van der Waals surface area contributed by atoms with Crippen molar-refractivity contribution < 1.29 is 13.2 Å². The Hall–Kier alpha value is -2.01. The Bertz CT molecular complexity index is 782. The maximum absolute atomic E-state index is 12.9. The van der Waals surface area contributed by atoms with E-state index in [9.17, 15) is 13.2 Å². The zero-order chi connectivity index (χ0) is 20.3. The van der Waals surface area contributed by atoms with E-state index in [1.54, 1.807) is 6.07 Å². The van der Waals surface area contributed by atoms with Crippen LogP contribution in [0.25, 0.3) is 0 Å². The summed E-state index contributed by atoms with van der Waals surface area (Å²) in [5.74, 6) is 0.595. The fourth-order valence-corrected chi connectivity index (χ4v) is 5.03. The number of hydrogen-bond acceptors (Lipinski definition) is 2. The number of halogens is 3. The van der Waals surface area contributed by atoms with Crippen molar-refractivity contribution in [1.29, 1.82) is 0 Å². The van der Waals surface area contributed by atoms with Crippen molar-refractivity contribution >= 4 is 5.69 Å². The number of nitrogens with zero attached hydrogens (tertiary/aromatic N) is 1. The van der Waals surface area contributed by atoms with Crippen LogP contribution >= 0.6 is 0 Å². The van der Waals surface area contributed by atoms with Gasteiger partial charge < -0.3 is 5.32 Å². The maximum Gasteiger partial charge on any atom is 0.416 e. The summed E-state index contributed by atoms with van der Waals surface area (Å²) < 4.78 is 38.8. The van der Waals surface area contributed by atoms with Crippen LogP contribution in [0.2, 0.25) is 0 Å². The minimum atomic E-state index is -4.30. The predicted molar refractivity (Wildman–Crippen MR) is 111 cm³/mol. The minimum Gasteiger partial charge on any atom is -0.382 e. The number of rotatable bonds is 4. The molecule has 2 aromatic carbocycles. The maximum atomic E-state index is 12.9. The number of alkyl halides is 3. The highest BCUT2D eigenvalue weighted by atomic mass is 19.4. The number of hydrogen-bond donors (Lipinski definition) is 1. The normalized spacial score (nSPS) is 24.4. The average molecular weight is 403 g/mol. The minimum absolute atomic E-state index is 0.230. The molecule has 1 saturated heterocycles. The Labute approximate surface area is 171 Å². The van der Waals surface area contributed by atoms with Crippen LogP contribution in [0.1, 0.15) is 55.6 Å². The predicted octanol–water partition coefficient (Wildman–Crippen LogP) is 6.31. The van der Waals surface area contributed by atoms with Crippen molar-refractivity contribution in [2.24, 2.45) is 0 Å². The highest BCUT2D eigenvalue weighted by molar-refractivity contribution is 5.47. The van der Waals surface area contributed by atoms with E-state index >= 15 is 0 Å². The molecular formula is C24H29F3N2. The second-order valence-electron chi connectivity index (χ2n) is 8.40. The topological polar surface area (TPSA) is 15.3 Å². The lowest BCUT2D eigenvalue weighted by molar-refractivity contribution is -0.137. The lowest BCUT2D eigenvalue weighted by atomic mass is 9.78. The molecule has 2 nitrogen and oxygen atoms in total. The van der Waals surface area contributed by atoms with Gasteiger partial charge in [-0.1, -0.05) is 49.2 Å². The molecule has 0 amide bonds. The van der Waals surface area contributed by atoms with Gasteiger partial charge in [0.25, 0.3) is 0 Å². The Morgan fingerprint density at radius 2 is 1.55 bits per heavy atom. The van der Waals surface area contributed by atoms with E-state index < -0.39 is 11.7 Å². The summed E-state index contributed by atoms with van der Waals surface area (Å²) in [6.07, 6.45) is 2.71. The molecule has 0 radical (unpaired) electrons. The van der Waals surface area contributed by atoms with Gasteiger partial charge in [0.1, 0.15) is 0 Å². The molecule has 2 aromatic rings. The largest absolute Gasteiger partial charge is 0.416 e. The first-order valence-corrected chi connectivity index (χ1v) is 10.7. The molecular weight excluding hydrogens is 373 g/mol. The van der Waals surface area contributed by atoms with Crippen molar-refractivity contribution in [3.63, 3.8) is 0 Å². The molecule has 29 heavy (non-hydrogen) atoms. The first kappa shape index (κ1) is 20.3. The van der Waals surface area contributed by atoms with Gasteiger partial charge in [-0.25, -0.2) is 0 Å². The Balaban J connectivity index is 1.36. The van der Waals surface area contributed by atoms with Gasteiger partial charge in [0.05, 0.1) is 5.56 Å². The van der Waals surface area contributed by atoms with Gasteiger partial charge in [0.15, 0.2) is 0 Å². The van der Waals surface area contributed by atoms with Gasteiger partial charge in [0, 0.05) is 30.9 Å². The first-order chi connectivity index (χ1) is 14.0. The van der Waals surface area contributed by atoms with Crippen molar-refractivity contribution in [2.45, 2.75) is 62.7 Å². The summed E-state index contributed by atoms with van der Waals surface area (Å²) in [6.45, 7) is 2.01. The summed E-state index contributed by atoms with van der Waals surface area (Å²) in [6, 6.07) is 17.2. The van der Waals surface area contributed by atoms with E-state index in [4.69, 9.17) is 0 Å². The summed E-state index contributed by atoms with van der Waals surface area (Å²) in [4.78, 5) is 2.63. The molecule has 1 saturated carbocycles. The van der Waals surface area contributed by atoms with Gasteiger partial charge in [-0.3, -0.25) is 4.90 Å². The second-order valence-corrected chi connectivity index (χ2v) is 8.40. The molecule has 5 heteroatoms. The molecule has 1 aliphatic heterocycles. The van der Waals surface area contributed by atoms with Crippen LogP contribution in [0.15, 0.2) is 54.6 Å². The molecule has 2 atom stereocenters. The van der Waals surface area contributed by atoms with Crippen LogP contribution < -0.4 is 5.32 Å². The van der Waals surface area contributed by atoms with Crippen molar-refractivity contribution in [3.8, 4) is 0 Å². The molecule has 4 rings (SSSR count).